The van der Waals surface area contributed by atoms with Crippen LogP contribution in [0.25, 0.3) is 0 Å². The van der Waals surface area contributed by atoms with Gasteiger partial charge in [0.1, 0.15) is 18.1 Å². The van der Waals surface area contributed by atoms with E-state index in [1.54, 1.807) is 87.0 Å². The van der Waals surface area contributed by atoms with Gasteiger partial charge in [-0.15, -0.1) is 0 Å². The first-order chi connectivity index (χ1) is 60.1. The zero-order chi connectivity index (χ0) is 88.8. The van der Waals surface area contributed by atoms with Crippen LogP contribution in [-0.4, -0.2) is 139 Å². The number of guanidine groups is 1. The van der Waals surface area contributed by atoms with Gasteiger partial charge >= 0.3 is 0 Å². The van der Waals surface area contributed by atoms with E-state index in [0.717, 1.165) is 77.0 Å². The van der Waals surface area contributed by atoms with Crippen molar-refractivity contribution < 1.29 is 66.7 Å². The van der Waals surface area contributed by atoms with E-state index in [1.807, 2.05) is 0 Å². The van der Waals surface area contributed by atoms with Crippen LogP contribution in [0, 0.1) is 0 Å². The average molecular weight is 1710 g/mol. The molecule has 0 unspecified atom stereocenters. The first-order valence-electron chi connectivity index (χ1n) is 46.3. The minimum Gasteiger partial charge on any atom is -0.493 e. The number of hydrogen-bond donors (Lipinski definition) is 8. The van der Waals surface area contributed by atoms with Gasteiger partial charge < -0.3 is 60.0 Å². The number of benzene rings is 4. The van der Waals surface area contributed by atoms with E-state index in [-0.39, 0.29) is 32.1 Å². The average Bonchev–Trinajstić information content (AvgIpc) is 0.827. The lowest BCUT2D eigenvalue weighted by Crippen LogP contribution is -2.49. The molecule has 0 aliphatic carbocycles. The van der Waals surface area contributed by atoms with Crippen molar-refractivity contribution in [3.8, 4) is 46.0 Å². The minimum atomic E-state index is -1.51. The largest absolute Gasteiger partial charge is 0.493 e. The Hall–Kier alpha value is -9.95. The van der Waals surface area contributed by atoms with E-state index in [2.05, 4.69) is 85.4 Å². The number of aliphatic imine (C=N–C) groups is 1. The van der Waals surface area contributed by atoms with E-state index in [1.165, 1.54) is 219 Å². The standard InChI is InChI=1S/C96H153N13O14/c1-9-13-17-21-25-29-33-37-41-45-67-120-89-75(53-49-57-82(89)116-5)71-99-106-87(111)65-62-80(94(114)108-101-73-77-55-51-59-84(118-7)91(77)122-69-47-43-39-35-31-27-23-19-15-11-3)103-86(110)64-61-79(105-96(97)98)93(113)104-81(95(115)109-102-74-78-56-52-60-85(119-8)92(78)123-70-48-44-40-36-32-28-24-20-16-12-4)63-66-88(112)107-100-72-76-54-50-58-83(117-6)90(76)121-68-46-42-38-34-30-26-22-18-14-10-2/h49-60,71-74,79-81H,9-48,61-70H2,1-8H3,(H,103,110)(H,104,113)(H,106,111)(H,107,112)(H,108,114)(H,109,115)(H4,97,98,105)/b99-71+,100-72+,101-73+,102-74+/t79-,80-,81-/m0/s1. The zero-order valence-corrected chi connectivity index (χ0v) is 75.9. The van der Waals surface area contributed by atoms with Gasteiger partial charge in [0.15, 0.2) is 52.0 Å². The molecule has 0 radical (unpaired) electrons. The maximum Gasteiger partial charge on any atom is 0.262 e. The van der Waals surface area contributed by atoms with E-state index in [9.17, 15) is 28.8 Å². The lowest BCUT2D eigenvalue weighted by molar-refractivity contribution is -0.131. The molecule has 4 aromatic carbocycles. The molecule has 0 saturated heterocycles. The van der Waals surface area contributed by atoms with Gasteiger partial charge in [0, 0.05) is 41.5 Å². The number of carbonyl (C=O) groups excluding carboxylic acids is 6. The third kappa shape index (κ3) is 47.5. The van der Waals surface area contributed by atoms with Gasteiger partial charge in [0.05, 0.1) is 79.7 Å². The molecular weight excluding hydrogens is 1560 g/mol. The molecule has 0 bridgehead atoms. The Morgan fingerprint density at radius 3 is 0.813 bits per heavy atom. The number of carbonyl (C=O) groups is 6. The Morgan fingerprint density at radius 1 is 0.309 bits per heavy atom. The Bertz CT molecular complexity index is 3720. The summed E-state index contributed by atoms with van der Waals surface area (Å²) >= 11 is 0. The number of unbranched alkanes of at least 4 members (excludes halogenated alkanes) is 36. The molecular formula is C96H153N13O14. The first-order valence-corrected chi connectivity index (χ1v) is 46.3. The maximum absolute atomic E-state index is 14.6. The maximum atomic E-state index is 14.6. The molecule has 0 spiro atoms. The second-order valence-electron chi connectivity index (χ2n) is 31.6. The number of hydrazone groups is 4. The molecule has 0 saturated carbocycles. The summed E-state index contributed by atoms with van der Waals surface area (Å²) in [6.07, 6.45) is 50.5. The molecule has 0 heterocycles. The number of rotatable bonds is 75. The zero-order valence-electron chi connectivity index (χ0n) is 75.9. The summed E-state index contributed by atoms with van der Waals surface area (Å²) < 4.78 is 47.7. The number of amides is 6. The summed E-state index contributed by atoms with van der Waals surface area (Å²) in [5.41, 5.74) is 24.1. The highest BCUT2D eigenvalue weighted by molar-refractivity contribution is 5.95. The van der Waals surface area contributed by atoms with Crippen LogP contribution in [0.1, 0.15) is 345 Å². The van der Waals surface area contributed by atoms with Crippen molar-refractivity contribution in [1.82, 2.24) is 32.3 Å². The number of methoxy groups -OCH3 is 4. The summed E-state index contributed by atoms with van der Waals surface area (Å²) in [5.74, 6) is -1.24. The fraction of sp³-hybridized carbons (Fsp3) is 0.635. The number of nitrogens with two attached hydrogens (primary N) is 2. The second kappa shape index (κ2) is 69.5. The van der Waals surface area contributed by atoms with Crippen LogP contribution < -0.4 is 81.7 Å². The monoisotopic (exact) mass is 1710 g/mol. The van der Waals surface area contributed by atoms with E-state index in [0.29, 0.717) is 94.7 Å². The second-order valence-corrected chi connectivity index (χ2v) is 31.6. The molecule has 0 fully saturated rings. The highest BCUT2D eigenvalue weighted by Gasteiger charge is 2.29. The van der Waals surface area contributed by atoms with Crippen LogP contribution in [0.5, 0.6) is 46.0 Å². The fourth-order valence-corrected chi connectivity index (χ4v) is 14.1. The van der Waals surface area contributed by atoms with Gasteiger partial charge in [-0.25, -0.2) is 26.7 Å². The van der Waals surface area contributed by atoms with Crippen molar-refractivity contribution in [2.24, 2.45) is 36.9 Å². The lowest BCUT2D eigenvalue weighted by atomic mass is 10.1. The Labute approximate surface area is 735 Å². The van der Waals surface area contributed by atoms with Gasteiger partial charge in [0.25, 0.3) is 11.8 Å². The van der Waals surface area contributed by atoms with Gasteiger partial charge in [-0.05, 0) is 93.5 Å². The summed E-state index contributed by atoms with van der Waals surface area (Å²) in [4.78, 5) is 89.3. The van der Waals surface area contributed by atoms with Crippen LogP contribution in [0.3, 0.4) is 0 Å². The van der Waals surface area contributed by atoms with E-state index < -0.39 is 65.9 Å². The fourth-order valence-electron chi connectivity index (χ4n) is 14.1. The smallest absolute Gasteiger partial charge is 0.262 e. The quantitative estimate of drug-likeness (QED) is 0.00881. The lowest BCUT2D eigenvalue weighted by Gasteiger charge is -2.20. The normalized spacial score (nSPS) is 12.1. The molecule has 0 aliphatic heterocycles. The van der Waals surface area contributed by atoms with Crippen molar-refractivity contribution in [2.45, 2.75) is 341 Å². The third-order valence-corrected chi connectivity index (χ3v) is 21.3. The van der Waals surface area contributed by atoms with Gasteiger partial charge in [0.2, 0.25) is 23.6 Å². The third-order valence-electron chi connectivity index (χ3n) is 21.3. The number of hydrogen-bond acceptors (Lipinski definition) is 19. The Balaban J connectivity index is 1.57. The van der Waals surface area contributed by atoms with Crippen molar-refractivity contribution in [3.63, 3.8) is 0 Å². The van der Waals surface area contributed by atoms with Crippen LogP contribution >= 0.6 is 0 Å². The topological polar surface area (TPSA) is 362 Å². The predicted molar refractivity (Wildman–Crippen MR) is 495 cm³/mol. The van der Waals surface area contributed by atoms with E-state index in [4.69, 9.17) is 49.4 Å². The van der Waals surface area contributed by atoms with Gasteiger partial charge in [-0.2, -0.15) is 20.4 Å². The van der Waals surface area contributed by atoms with Gasteiger partial charge in [-0.1, -0.05) is 283 Å². The van der Waals surface area contributed by atoms with Crippen LogP contribution in [0.4, 0.5) is 0 Å². The number of ether oxygens (including phenoxy) is 8. The highest BCUT2D eigenvalue weighted by Crippen LogP contribution is 2.34. The van der Waals surface area contributed by atoms with Crippen molar-refractivity contribution >= 4 is 66.3 Å². The molecule has 27 heteroatoms. The molecule has 3 atom stereocenters. The SMILES string of the molecule is CCCCCCCCCCCCOc1c(/C=N/NC(=O)CC[C@H](NC(=O)CC[C@H](N=C(N)N)C(=O)N[C@@H](CCC(=O)N/N=C/c2cccc(OC)c2OCCCCCCCCCCCC)C(=O)N/N=C/c2cccc(OC)c2OCCCCCCCCCCCC)C(=O)N/N=C/c2cccc(OC)c2OCCCCCCCCCCCC)cccc1OC. The molecule has 10 N–H and O–H groups in total. The summed E-state index contributed by atoms with van der Waals surface area (Å²) in [6.45, 7) is 10.7. The molecule has 0 aliphatic rings. The summed E-state index contributed by atoms with van der Waals surface area (Å²) in [6, 6.07) is 16.9. The van der Waals surface area contributed by atoms with Crippen LogP contribution in [0.2, 0.25) is 0 Å². The molecule has 4 aromatic rings. The summed E-state index contributed by atoms with van der Waals surface area (Å²) in [7, 11) is 6.17. The first kappa shape index (κ1) is 105. The van der Waals surface area contributed by atoms with Crippen LogP contribution in [0.15, 0.2) is 98.2 Å². The molecule has 123 heavy (non-hydrogen) atoms. The van der Waals surface area contributed by atoms with E-state index >= 15 is 0 Å². The highest BCUT2D eigenvalue weighted by atomic mass is 16.5. The molecule has 686 valence electrons. The molecule has 4 rings (SSSR count). The Kier molecular flexibility index (Phi) is 59.5. The van der Waals surface area contributed by atoms with Crippen molar-refractivity contribution in [1.29, 1.82) is 0 Å². The Morgan fingerprint density at radius 2 is 0.553 bits per heavy atom. The van der Waals surface area contributed by atoms with Gasteiger partial charge in [-0.3, -0.25) is 28.8 Å². The minimum absolute atomic E-state index is 0.245. The molecule has 27 nitrogen and oxygen atoms in total. The number of para-hydroxylation sites is 4. The molecule has 6 amide bonds. The summed E-state index contributed by atoms with van der Waals surface area (Å²) in [5, 5.41) is 22.5. The van der Waals surface area contributed by atoms with Crippen molar-refractivity contribution in [2.75, 3.05) is 54.9 Å². The number of nitrogens with one attached hydrogen (secondary N) is 6. The number of nitrogens with zero attached hydrogens (tertiary/aromatic N) is 5. The predicted octanol–water partition coefficient (Wildman–Crippen LogP) is 18.8. The van der Waals surface area contributed by atoms with Crippen LogP contribution in [-0.2, 0) is 28.8 Å². The molecule has 0 aromatic heterocycles. The van der Waals surface area contributed by atoms with Crippen molar-refractivity contribution in [3.05, 3.63) is 95.1 Å².